The highest BCUT2D eigenvalue weighted by atomic mass is 14.1. The van der Waals surface area contributed by atoms with Crippen molar-refractivity contribution in [1.29, 1.82) is 0 Å². The Bertz CT molecular complexity index is 1430. The van der Waals surface area contributed by atoms with Gasteiger partial charge in [0.15, 0.2) is 0 Å². The topological polar surface area (TPSA) is 0 Å². The molecule has 0 N–H and O–H groups in total. The second-order valence-corrected chi connectivity index (χ2v) is 7.38. The molecule has 5 aromatic rings. The van der Waals surface area contributed by atoms with E-state index in [1.165, 1.54) is 54.2 Å². The molecule has 126 valence electrons. The largest absolute Gasteiger partial charge is 0.0801 e. The Kier molecular flexibility index (Phi) is 3.04. The van der Waals surface area contributed by atoms with Crippen LogP contribution in [0.25, 0.3) is 48.7 Å². The highest BCUT2D eigenvalue weighted by Crippen LogP contribution is 2.35. The molecule has 0 aliphatic heterocycles. The standard InChI is InChI=1S/C27H18/c1-2-7-18(6-1)24-11-5-10-21-15-23-13-12-22-14-19-8-3-4-9-20(19)16-25(22)27(23)17-26(21)24/h1,3-17H,2H2. The molecule has 6 rings (SSSR count). The molecule has 0 aromatic heterocycles. The molecule has 0 amide bonds. The second kappa shape index (κ2) is 5.56. The Morgan fingerprint density at radius 3 is 1.96 bits per heavy atom. The maximum atomic E-state index is 2.39. The van der Waals surface area contributed by atoms with Crippen LogP contribution in [0.2, 0.25) is 0 Å². The van der Waals surface area contributed by atoms with Crippen molar-refractivity contribution in [3.05, 3.63) is 103 Å². The van der Waals surface area contributed by atoms with Gasteiger partial charge in [0, 0.05) is 0 Å². The van der Waals surface area contributed by atoms with Gasteiger partial charge in [0.2, 0.25) is 0 Å². The van der Waals surface area contributed by atoms with E-state index in [2.05, 4.69) is 97.1 Å². The molecule has 0 saturated heterocycles. The van der Waals surface area contributed by atoms with Crippen LogP contribution in [0.1, 0.15) is 12.0 Å². The lowest BCUT2D eigenvalue weighted by molar-refractivity contribution is 1.45. The van der Waals surface area contributed by atoms with E-state index in [1.54, 1.807) is 0 Å². The molecule has 1 aliphatic carbocycles. The third kappa shape index (κ3) is 2.23. The van der Waals surface area contributed by atoms with Crippen LogP contribution in [0.5, 0.6) is 0 Å². The molecule has 0 atom stereocenters. The first-order chi connectivity index (χ1) is 13.4. The summed E-state index contributed by atoms with van der Waals surface area (Å²) in [6.07, 6.45) is 7.83. The number of hydrogen-bond donors (Lipinski definition) is 0. The van der Waals surface area contributed by atoms with Crippen molar-refractivity contribution in [2.24, 2.45) is 0 Å². The van der Waals surface area contributed by atoms with E-state index in [0.717, 1.165) is 6.42 Å². The van der Waals surface area contributed by atoms with Gasteiger partial charge in [-0.3, -0.25) is 0 Å². The van der Waals surface area contributed by atoms with Crippen LogP contribution in [-0.2, 0) is 0 Å². The summed E-state index contributed by atoms with van der Waals surface area (Å²) in [5, 5.41) is 10.5. The van der Waals surface area contributed by atoms with Gasteiger partial charge in [-0.05, 0) is 84.9 Å². The average molecular weight is 342 g/mol. The first-order valence-corrected chi connectivity index (χ1v) is 9.52. The molecule has 0 unspecified atom stereocenters. The minimum absolute atomic E-state index is 1.04. The van der Waals surface area contributed by atoms with E-state index >= 15 is 0 Å². The van der Waals surface area contributed by atoms with Crippen LogP contribution >= 0.6 is 0 Å². The Morgan fingerprint density at radius 2 is 1.19 bits per heavy atom. The SMILES string of the molecule is C1=CC(c2cccc3cc4ccc5cc6ccccc6cc5c4cc23)=CC1. The molecule has 0 radical (unpaired) electrons. The average Bonchev–Trinajstić information content (AvgIpc) is 3.25. The lowest BCUT2D eigenvalue weighted by Gasteiger charge is -2.11. The molecule has 0 saturated carbocycles. The van der Waals surface area contributed by atoms with Gasteiger partial charge in [0.25, 0.3) is 0 Å². The summed E-state index contributed by atoms with van der Waals surface area (Å²) in [6, 6.07) is 29.2. The molecule has 1 aliphatic rings. The van der Waals surface area contributed by atoms with Crippen LogP contribution in [0.4, 0.5) is 0 Å². The molecule has 5 aromatic carbocycles. The van der Waals surface area contributed by atoms with Crippen molar-refractivity contribution < 1.29 is 0 Å². The molecular weight excluding hydrogens is 324 g/mol. The van der Waals surface area contributed by atoms with Crippen molar-refractivity contribution >= 4 is 48.7 Å². The Balaban J connectivity index is 1.75. The maximum absolute atomic E-state index is 2.39. The summed E-state index contributed by atoms with van der Waals surface area (Å²) in [7, 11) is 0. The lowest BCUT2D eigenvalue weighted by Crippen LogP contribution is -1.86. The van der Waals surface area contributed by atoms with E-state index in [4.69, 9.17) is 0 Å². The Labute approximate surface area is 158 Å². The van der Waals surface area contributed by atoms with Crippen molar-refractivity contribution in [2.75, 3.05) is 0 Å². The minimum atomic E-state index is 1.04. The van der Waals surface area contributed by atoms with E-state index in [1.807, 2.05) is 0 Å². The number of benzene rings is 5. The fourth-order valence-electron chi connectivity index (χ4n) is 4.43. The number of allylic oxidation sites excluding steroid dienone is 4. The normalized spacial score (nSPS) is 13.9. The Hall–Kier alpha value is -3.38. The molecule has 0 heterocycles. The van der Waals surface area contributed by atoms with Gasteiger partial charge in [-0.15, -0.1) is 0 Å². The van der Waals surface area contributed by atoms with Gasteiger partial charge >= 0.3 is 0 Å². The zero-order chi connectivity index (χ0) is 17.8. The first-order valence-electron chi connectivity index (χ1n) is 9.52. The predicted molar refractivity (Wildman–Crippen MR) is 118 cm³/mol. The van der Waals surface area contributed by atoms with Crippen molar-refractivity contribution in [2.45, 2.75) is 6.42 Å². The highest BCUT2D eigenvalue weighted by molar-refractivity contribution is 6.16. The van der Waals surface area contributed by atoms with Crippen LogP contribution < -0.4 is 0 Å². The van der Waals surface area contributed by atoms with Crippen molar-refractivity contribution in [1.82, 2.24) is 0 Å². The summed E-state index contributed by atoms with van der Waals surface area (Å²) in [4.78, 5) is 0. The van der Waals surface area contributed by atoms with E-state index in [0.29, 0.717) is 0 Å². The number of fused-ring (bicyclic) bond motifs is 5. The summed E-state index contributed by atoms with van der Waals surface area (Å²) in [5.74, 6) is 0. The van der Waals surface area contributed by atoms with Gasteiger partial charge < -0.3 is 0 Å². The van der Waals surface area contributed by atoms with E-state index < -0.39 is 0 Å². The summed E-state index contributed by atoms with van der Waals surface area (Å²) in [5.41, 5.74) is 2.67. The zero-order valence-electron chi connectivity index (χ0n) is 14.9. The smallest absolute Gasteiger partial charge is 0.00986 e. The van der Waals surface area contributed by atoms with E-state index in [9.17, 15) is 0 Å². The zero-order valence-corrected chi connectivity index (χ0v) is 14.9. The molecule has 0 bridgehead atoms. The van der Waals surface area contributed by atoms with Crippen LogP contribution in [0.15, 0.2) is 97.1 Å². The molecule has 0 nitrogen and oxygen atoms in total. The predicted octanol–water partition coefficient (Wildman–Crippen LogP) is 7.64. The Morgan fingerprint density at radius 1 is 0.519 bits per heavy atom. The molecule has 0 fully saturated rings. The summed E-state index contributed by atoms with van der Waals surface area (Å²) >= 11 is 0. The van der Waals surface area contributed by atoms with E-state index in [-0.39, 0.29) is 0 Å². The van der Waals surface area contributed by atoms with Crippen molar-refractivity contribution in [3.63, 3.8) is 0 Å². The fraction of sp³-hybridized carbons (Fsp3) is 0.0370. The van der Waals surface area contributed by atoms with Gasteiger partial charge in [-0.1, -0.05) is 72.8 Å². The summed E-state index contributed by atoms with van der Waals surface area (Å²) < 4.78 is 0. The highest BCUT2D eigenvalue weighted by Gasteiger charge is 2.10. The summed E-state index contributed by atoms with van der Waals surface area (Å²) in [6.45, 7) is 0. The molecule has 0 spiro atoms. The minimum Gasteiger partial charge on any atom is -0.0801 e. The second-order valence-electron chi connectivity index (χ2n) is 7.38. The fourth-order valence-corrected chi connectivity index (χ4v) is 4.43. The van der Waals surface area contributed by atoms with Gasteiger partial charge in [-0.25, -0.2) is 0 Å². The first kappa shape index (κ1) is 14.8. The van der Waals surface area contributed by atoms with Crippen molar-refractivity contribution in [3.8, 4) is 0 Å². The molecule has 27 heavy (non-hydrogen) atoms. The lowest BCUT2D eigenvalue weighted by atomic mass is 9.93. The van der Waals surface area contributed by atoms with Crippen LogP contribution in [0.3, 0.4) is 0 Å². The quantitative estimate of drug-likeness (QED) is 0.217. The van der Waals surface area contributed by atoms with Crippen LogP contribution in [0, 0.1) is 0 Å². The van der Waals surface area contributed by atoms with Gasteiger partial charge in [0.05, 0.1) is 0 Å². The van der Waals surface area contributed by atoms with Crippen LogP contribution in [-0.4, -0.2) is 0 Å². The third-order valence-electron chi connectivity index (χ3n) is 5.78. The molecular formula is C27H18. The van der Waals surface area contributed by atoms with Gasteiger partial charge in [-0.2, -0.15) is 0 Å². The third-order valence-corrected chi connectivity index (χ3v) is 5.78. The monoisotopic (exact) mass is 342 g/mol. The maximum Gasteiger partial charge on any atom is -0.00986 e. The van der Waals surface area contributed by atoms with Gasteiger partial charge in [0.1, 0.15) is 0 Å². The molecule has 0 heteroatoms. The number of rotatable bonds is 1. The number of hydrogen-bond acceptors (Lipinski definition) is 0.